The van der Waals surface area contributed by atoms with Crippen molar-refractivity contribution in [2.45, 2.75) is 0 Å². The molecule has 0 atom stereocenters. The van der Waals surface area contributed by atoms with E-state index in [9.17, 15) is 27.0 Å². The van der Waals surface area contributed by atoms with Gasteiger partial charge in [0.1, 0.15) is 0 Å². The van der Waals surface area contributed by atoms with Gasteiger partial charge in [0.25, 0.3) is 20.2 Å². The number of nitrogens with zero attached hydrogens (tertiary/aromatic N) is 8. The van der Waals surface area contributed by atoms with Gasteiger partial charge in [-0.2, -0.15) is 46.7 Å². The largest absolute Gasteiger partial charge is 0.395 e. The maximum Gasteiger partial charge on any atom is 0.266 e. The zero-order chi connectivity index (χ0) is 32.3. The summed E-state index contributed by atoms with van der Waals surface area (Å²) >= 11 is 0. The third-order valence-corrected chi connectivity index (χ3v) is 6.90. The quantitative estimate of drug-likeness (QED) is 0.0760. The predicted molar refractivity (Wildman–Crippen MR) is 163 cm³/mol. The van der Waals surface area contributed by atoms with Crippen molar-refractivity contribution in [1.82, 2.24) is 29.9 Å². The smallest absolute Gasteiger partial charge is 0.266 e. The van der Waals surface area contributed by atoms with Crippen LogP contribution in [0.3, 0.4) is 0 Å². The first-order valence-corrected chi connectivity index (χ1v) is 16.1. The second-order valence-electron chi connectivity index (χ2n) is 9.11. The van der Waals surface area contributed by atoms with Crippen LogP contribution in [0.2, 0.25) is 0 Å². The Kier molecular flexibility index (Phi) is 12.1. The molecule has 0 amide bonds. The normalized spacial score (nSPS) is 11.6. The molecule has 242 valence electrons. The Bertz CT molecular complexity index is 1500. The van der Waals surface area contributed by atoms with Gasteiger partial charge in [-0.05, 0) is 18.2 Å². The molecule has 0 saturated heterocycles. The molecule has 0 bridgehead atoms. The molecule has 0 spiro atoms. The van der Waals surface area contributed by atoms with E-state index in [0.29, 0.717) is 11.4 Å². The molecule has 0 aliphatic heterocycles. The molecule has 0 saturated carbocycles. The molecule has 20 nitrogen and oxygen atoms in total. The highest BCUT2D eigenvalue weighted by Crippen LogP contribution is 2.23. The van der Waals surface area contributed by atoms with Crippen molar-refractivity contribution in [3.8, 4) is 0 Å². The van der Waals surface area contributed by atoms with Crippen molar-refractivity contribution < 1.29 is 36.2 Å². The van der Waals surface area contributed by atoms with E-state index in [1.165, 1.54) is 0 Å². The van der Waals surface area contributed by atoms with E-state index >= 15 is 0 Å². The molecule has 2 heterocycles. The number of hydrogen-bond acceptors (Lipinski definition) is 18. The van der Waals surface area contributed by atoms with E-state index in [0.717, 1.165) is 0 Å². The van der Waals surface area contributed by atoms with Crippen LogP contribution >= 0.6 is 0 Å². The molecule has 0 radical (unpaired) electrons. The predicted octanol–water partition coefficient (Wildman–Crippen LogP) is -1.000. The highest BCUT2D eigenvalue weighted by molar-refractivity contribution is 7.86. The molecule has 0 aliphatic carbocycles. The average Bonchev–Trinajstić information content (AvgIpc) is 2.92. The number of aliphatic hydroxyl groups is 2. The maximum atomic E-state index is 11.1. The molecule has 0 unspecified atom stereocenters. The second-order valence-corrected chi connectivity index (χ2v) is 12.3. The fourth-order valence-electron chi connectivity index (χ4n) is 3.36. The van der Waals surface area contributed by atoms with Crippen molar-refractivity contribution in [1.29, 1.82) is 0 Å². The van der Waals surface area contributed by atoms with Gasteiger partial charge >= 0.3 is 0 Å². The fraction of sp³-hybridized carbons (Fsp3) is 0.455. The van der Waals surface area contributed by atoms with Gasteiger partial charge < -0.3 is 41.3 Å². The number of aliphatic hydroxyl groups excluding tert-OH is 2. The van der Waals surface area contributed by atoms with Crippen molar-refractivity contribution >= 4 is 67.3 Å². The minimum atomic E-state index is -4.21. The fourth-order valence-corrected chi connectivity index (χ4v) is 4.08. The number of rotatable bonds is 18. The Labute approximate surface area is 253 Å². The van der Waals surface area contributed by atoms with Gasteiger partial charge in [0.05, 0.1) is 24.7 Å². The van der Waals surface area contributed by atoms with Crippen LogP contribution in [0.5, 0.6) is 0 Å². The molecule has 3 aromatic rings. The number of benzene rings is 1. The summed E-state index contributed by atoms with van der Waals surface area (Å²) in [5.74, 6) is -0.544. The van der Waals surface area contributed by atoms with Crippen LogP contribution in [-0.4, -0.2) is 131 Å². The van der Waals surface area contributed by atoms with Gasteiger partial charge in [-0.1, -0.05) is 6.07 Å². The summed E-state index contributed by atoms with van der Waals surface area (Å²) in [7, 11) is -5.12. The van der Waals surface area contributed by atoms with Gasteiger partial charge in [0.15, 0.2) is 0 Å². The SMILES string of the molecule is CN(CCO)c1nc(NCCS(=O)(=O)O)nc(Nc2cccc(Nc3nc(NCCS(=O)(=O)O)nc(N(C)CCO)n3)c2)n1. The summed E-state index contributed by atoms with van der Waals surface area (Å²) in [6, 6.07) is 6.82. The minimum Gasteiger partial charge on any atom is -0.395 e. The first kappa shape index (κ1) is 34.3. The van der Waals surface area contributed by atoms with E-state index in [4.69, 9.17) is 9.11 Å². The summed E-state index contributed by atoms with van der Waals surface area (Å²) in [5.41, 5.74) is 1.03. The zero-order valence-electron chi connectivity index (χ0n) is 23.8. The second kappa shape index (κ2) is 15.5. The third kappa shape index (κ3) is 11.8. The lowest BCUT2D eigenvalue weighted by molar-refractivity contribution is 0.303. The van der Waals surface area contributed by atoms with Gasteiger partial charge in [-0.3, -0.25) is 9.11 Å². The first-order valence-electron chi connectivity index (χ1n) is 12.9. The Morgan fingerprint density at radius 2 is 1.05 bits per heavy atom. The van der Waals surface area contributed by atoms with Crippen molar-refractivity contribution in [2.24, 2.45) is 0 Å². The monoisotopic (exact) mass is 658 g/mol. The first-order chi connectivity index (χ1) is 20.7. The number of aromatic nitrogens is 6. The molecular weight excluding hydrogens is 624 g/mol. The number of likely N-dealkylation sites (N-methyl/N-ethyl adjacent to an activating group) is 2. The summed E-state index contributed by atoms with van der Waals surface area (Å²) in [5, 5.41) is 30.1. The number of nitrogens with one attached hydrogen (secondary N) is 4. The molecule has 0 aliphatic rings. The number of hydrogen-bond donors (Lipinski definition) is 8. The molecular formula is C22H34N12O8S2. The van der Waals surface area contributed by atoms with E-state index in [1.54, 1.807) is 48.2 Å². The van der Waals surface area contributed by atoms with Crippen LogP contribution in [0.4, 0.5) is 47.1 Å². The van der Waals surface area contributed by atoms with E-state index in [1.807, 2.05) is 0 Å². The van der Waals surface area contributed by atoms with E-state index < -0.39 is 31.7 Å². The van der Waals surface area contributed by atoms with Crippen molar-refractivity contribution in [3.63, 3.8) is 0 Å². The van der Waals surface area contributed by atoms with Crippen LogP contribution in [-0.2, 0) is 20.2 Å². The molecule has 22 heteroatoms. The topological polar surface area (TPSA) is 281 Å². The van der Waals surface area contributed by atoms with E-state index in [-0.39, 0.29) is 75.1 Å². The van der Waals surface area contributed by atoms with Crippen LogP contribution < -0.4 is 31.1 Å². The molecule has 44 heavy (non-hydrogen) atoms. The zero-order valence-corrected chi connectivity index (χ0v) is 25.4. The summed E-state index contributed by atoms with van der Waals surface area (Å²) < 4.78 is 62.3. The molecule has 8 N–H and O–H groups in total. The standard InChI is InChI=1S/C22H34N12O8S2/c1-33(8-10-35)21-29-17(23-6-12-43(37,38)39)27-19(31-21)25-15-4-3-5-16(14-15)26-20-28-18(24-7-13-44(40,41)42)30-22(32-20)34(2)9-11-36/h3-5,14,35-36H,6-13H2,1-2H3,(H,37,38,39)(H,40,41,42)(H2,23,25,27,29,31)(H2,24,26,28,30,32). The Morgan fingerprint density at radius 3 is 1.41 bits per heavy atom. The lowest BCUT2D eigenvalue weighted by atomic mass is 10.3. The minimum absolute atomic E-state index is 0.0268. The Morgan fingerprint density at radius 1 is 0.659 bits per heavy atom. The molecule has 0 fully saturated rings. The molecule has 1 aromatic carbocycles. The van der Waals surface area contributed by atoms with Gasteiger partial charge in [0.2, 0.25) is 35.7 Å². The van der Waals surface area contributed by atoms with Gasteiger partial charge in [-0.25, -0.2) is 0 Å². The van der Waals surface area contributed by atoms with Crippen LogP contribution in [0.25, 0.3) is 0 Å². The summed E-state index contributed by atoms with van der Waals surface area (Å²) in [6.45, 7) is -0.256. The Hall–Kier alpha value is -4.22. The maximum absolute atomic E-state index is 11.1. The van der Waals surface area contributed by atoms with Crippen LogP contribution in [0.1, 0.15) is 0 Å². The van der Waals surface area contributed by atoms with Gasteiger partial charge in [-0.15, -0.1) is 0 Å². The van der Waals surface area contributed by atoms with Crippen molar-refractivity contribution in [3.05, 3.63) is 24.3 Å². The van der Waals surface area contributed by atoms with Crippen LogP contribution in [0, 0.1) is 0 Å². The summed E-state index contributed by atoms with van der Waals surface area (Å²) in [4.78, 5) is 28.8. The Balaban J connectivity index is 1.84. The van der Waals surface area contributed by atoms with Gasteiger partial charge in [0, 0.05) is 51.6 Å². The average molecular weight is 659 g/mol. The third-order valence-electron chi connectivity index (χ3n) is 5.46. The molecule has 2 aromatic heterocycles. The highest BCUT2D eigenvalue weighted by Gasteiger charge is 2.14. The lowest BCUT2D eigenvalue weighted by Crippen LogP contribution is -2.25. The summed E-state index contributed by atoms with van der Waals surface area (Å²) in [6.07, 6.45) is 0. The lowest BCUT2D eigenvalue weighted by Gasteiger charge is -2.18. The molecule has 3 rings (SSSR count). The van der Waals surface area contributed by atoms with Crippen molar-refractivity contribution in [2.75, 3.05) is 96.1 Å². The van der Waals surface area contributed by atoms with Crippen LogP contribution in [0.15, 0.2) is 24.3 Å². The number of anilines is 8. The highest BCUT2D eigenvalue weighted by atomic mass is 32.2. The van der Waals surface area contributed by atoms with E-state index in [2.05, 4.69) is 51.2 Å².